The summed E-state index contributed by atoms with van der Waals surface area (Å²) in [6, 6.07) is 0. The monoisotopic (exact) mass is 292 g/mol. The van der Waals surface area contributed by atoms with Gasteiger partial charge in [0.2, 0.25) is 0 Å². The van der Waals surface area contributed by atoms with E-state index in [1.807, 2.05) is 20.8 Å². The third kappa shape index (κ3) is 11.2. The minimum Gasteiger partial charge on any atom is -0.460 e. The Labute approximate surface area is 121 Å². The van der Waals surface area contributed by atoms with E-state index in [4.69, 9.17) is 23.7 Å². The van der Waals surface area contributed by atoms with Crippen molar-refractivity contribution in [3.63, 3.8) is 0 Å². The molecule has 6 heteroatoms. The quantitative estimate of drug-likeness (QED) is 0.422. The lowest BCUT2D eigenvalue weighted by molar-refractivity contribution is -0.165. The molecule has 0 aromatic carbocycles. The summed E-state index contributed by atoms with van der Waals surface area (Å²) >= 11 is 0. The highest BCUT2D eigenvalue weighted by Crippen LogP contribution is 2.12. The van der Waals surface area contributed by atoms with E-state index < -0.39 is 11.5 Å². The topological polar surface area (TPSA) is 63.2 Å². The summed E-state index contributed by atoms with van der Waals surface area (Å²) in [5.41, 5.74) is -0.519. The maximum absolute atomic E-state index is 12.0. The first-order valence-corrected chi connectivity index (χ1v) is 6.77. The molecule has 0 aliphatic rings. The first-order valence-electron chi connectivity index (χ1n) is 6.77. The Morgan fingerprint density at radius 1 is 0.900 bits per heavy atom. The highest BCUT2D eigenvalue weighted by molar-refractivity contribution is 5.73. The molecule has 0 heterocycles. The molecule has 0 saturated carbocycles. The van der Waals surface area contributed by atoms with Gasteiger partial charge >= 0.3 is 5.97 Å². The fourth-order valence-corrected chi connectivity index (χ4v) is 1.31. The maximum atomic E-state index is 12.0. The van der Waals surface area contributed by atoms with Gasteiger partial charge in [-0.2, -0.15) is 0 Å². The summed E-state index contributed by atoms with van der Waals surface area (Å²) in [5.74, 6) is -0.754. The van der Waals surface area contributed by atoms with Crippen molar-refractivity contribution in [2.75, 3.05) is 53.9 Å². The average Bonchev–Trinajstić information content (AvgIpc) is 2.34. The van der Waals surface area contributed by atoms with Crippen LogP contribution in [-0.4, -0.2) is 65.4 Å². The van der Waals surface area contributed by atoms with E-state index in [1.165, 1.54) is 0 Å². The molecule has 0 unspecified atom stereocenters. The van der Waals surface area contributed by atoms with Gasteiger partial charge in [-0.3, -0.25) is 4.79 Å². The molecule has 0 fully saturated rings. The molecule has 0 N–H and O–H groups in total. The van der Waals surface area contributed by atoms with Crippen LogP contribution in [0.2, 0.25) is 0 Å². The SMILES string of the molecule is COCCOCC(COCCOC)C(=O)OC(C)(C)C. The normalized spacial score (nSPS) is 11.9. The Kier molecular flexibility index (Phi) is 10.6. The van der Waals surface area contributed by atoms with Crippen molar-refractivity contribution in [2.45, 2.75) is 26.4 Å². The Hall–Kier alpha value is -0.690. The second kappa shape index (κ2) is 11.0. The van der Waals surface area contributed by atoms with Gasteiger partial charge in [-0.1, -0.05) is 0 Å². The molecule has 0 amide bonds. The van der Waals surface area contributed by atoms with Crippen LogP contribution in [0, 0.1) is 5.92 Å². The van der Waals surface area contributed by atoms with E-state index in [-0.39, 0.29) is 19.2 Å². The van der Waals surface area contributed by atoms with Crippen LogP contribution in [0.3, 0.4) is 0 Å². The number of ether oxygens (including phenoxy) is 5. The van der Waals surface area contributed by atoms with Gasteiger partial charge in [0.05, 0.1) is 39.6 Å². The van der Waals surface area contributed by atoms with Gasteiger partial charge in [0.25, 0.3) is 0 Å². The van der Waals surface area contributed by atoms with Gasteiger partial charge in [-0.05, 0) is 20.8 Å². The molecule has 0 aliphatic carbocycles. The second-order valence-corrected chi connectivity index (χ2v) is 5.37. The molecular formula is C14H28O6. The molecule has 0 atom stereocenters. The summed E-state index contributed by atoms with van der Waals surface area (Å²) in [7, 11) is 3.20. The van der Waals surface area contributed by atoms with Gasteiger partial charge in [-0.25, -0.2) is 0 Å². The van der Waals surface area contributed by atoms with Crippen molar-refractivity contribution in [1.29, 1.82) is 0 Å². The molecule has 0 rings (SSSR count). The predicted molar refractivity (Wildman–Crippen MR) is 74.7 cm³/mol. The smallest absolute Gasteiger partial charge is 0.314 e. The summed E-state index contributed by atoms with van der Waals surface area (Å²) in [5, 5.41) is 0. The van der Waals surface area contributed by atoms with Crippen LogP contribution in [0.5, 0.6) is 0 Å². The van der Waals surface area contributed by atoms with Gasteiger partial charge in [0, 0.05) is 14.2 Å². The lowest BCUT2D eigenvalue weighted by Gasteiger charge is -2.24. The molecule has 0 aliphatic heterocycles. The van der Waals surface area contributed by atoms with Crippen LogP contribution in [0.15, 0.2) is 0 Å². The molecule has 20 heavy (non-hydrogen) atoms. The Morgan fingerprint density at radius 2 is 1.35 bits per heavy atom. The van der Waals surface area contributed by atoms with Crippen molar-refractivity contribution in [2.24, 2.45) is 5.92 Å². The number of hydrogen-bond donors (Lipinski definition) is 0. The second-order valence-electron chi connectivity index (χ2n) is 5.37. The van der Waals surface area contributed by atoms with E-state index >= 15 is 0 Å². The van der Waals surface area contributed by atoms with Crippen LogP contribution in [0.1, 0.15) is 20.8 Å². The maximum Gasteiger partial charge on any atom is 0.314 e. The van der Waals surface area contributed by atoms with Crippen molar-refractivity contribution in [3.05, 3.63) is 0 Å². The lowest BCUT2D eigenvalue weighted by atomic mass is 10.1. The van der Waals surface area contributed by atoms with E-state index in [2.05, 4.69) is 0 Å². The molecular weight excluding hydrogens is 264 g/mol. The zero-order valence-electron chi connectivity index (χ0n) is 13.3. The summed E-state index contributed by atoms with van der Waals surface area (Å²) in [6.07, 6.45) is 0. The Bertz CT molecular complexity index is 237. The van der Waals surface area contributed by atoms with Gasteiger partial charge in [0.15, 0.2) is 0 Å². The van der Waals surface area contributed by atoms with Crippen molar-refractivity contribution in [3.8, 4) is 0 Å². The van der Waals surface area contributed by atoms with E-state index in [1.54, 1.807) is 14.2 Å². The van der Waals surface area contributed by atoms with Gasteiger partial charge < -0.3 is 23.7 Å². The average molecular weight is 292 g/mol. The third-order valence-corrected chi connectivity index (χ3v) is 2.24. The number of rotatable bonds is 11. The summed E-state index contributed by atoms with van der Waals surface area (Å²) in [4.78, 5) is 12.0. The standard InChI is InChI=1S/C14H28O6/c1-14(2,3)20-13(15)12(10-18-8-6-16-4)11-19-9-7-17-5/h12H,6-11H2,1-5H3. The number of carbonyl (C=O) groups excluding carboxylic acids is 1. The molecule has 0 aromatic rings. The fourth-order valence-electron chi connectivity index (χ4n) is 1.31. The van der Waals surface area contributed by atoms with Crippen molar-refractivity contribution >= 4 is 5.97 Å². The number of methoxy groups -OCH3 is 2. The number of carbonyl (C=O) groups is 1. The molecule has 0 aromatic heterocycles. The molecule has 0 spiro atoms. The van der Waals surface area contributed by atoms with Gasteiger partial charge in [0.1, 0.15) is 11.5 Å². The largest absolute Gasteiger partial charge is 0.460 e. The third-order valence-electron chi connectivity index (χ3n) is 2.24. The van der Waals surface area contributed by atoms with E-state index in [0.717, 1.165) is 0 Å². The van der Waals surface area contributed by atoms with Crippen molar-refractivity contribution < 1.29 is 28.5 Å². The van der Waals surface area contributed by atoms with Crippen LogP contribution >= 0.6 is 0 Å². The highest BCUT2D eigenvalue weighted by Gasteiger charge is 2.25. The van der Waals surface area contributed by atoms with Crippen LogP contribution in [-0.2, 0) is 28.5 Å². The van der Waals surface area contributed by atoms with Crippen LogP contribution in [0.4, 0.5) is 0 Å². The molecule has 0 saturated heterocycles. The Morgan fingerprint density at radius 3 is 1.70 bits per heavy atom. The molecule has 0 radical (unpaired) electrons. The Balaban J connectivity index is 4.18. The minimum atomic E-state index is -0.519. The van der Waals surface area contributed by atoms with E-state index in [0.29, 0.717) is 26.4 Å². The molecule has 0 bridgehead atoms. The number of esters is 1. The van der Waals surface area contributed by atoms with Crippen molar-refractivity contribution in [1.82, 2.24) is 0 Å². The predicted octanol–water partition coefficient (Wildman–Crippen LogP) is 1.27. The summed E-state index contributed by atoms with van der Waals surface area (Å²) in [6.45, 7) is 7.87. The lowest BCUT2D eigenvalue weighted by Crippen LogP contribution is -2.34. The zero-order chi connectivity index (χ0) is 15.4. The van der Waals surface area contributed by atoms with E-state index in [9.17, 15) is 4.79 Å². The van der Waals surface area contributed by atoms with Crippen LogP contribution in [0.25, 0.3) is 0 Å². The fraction of sp³-hybridized carbons (Fsp3) is 0.929. The van der Waals surface area contributed by atoms with Gasteiger partial charge in [-0.15, -0.1) is 0 Å². The van der Waals surface area contributed by atoms with Crippen LogP contribution < -0.4 is 0 Å². The highest BCUT2D eigenvalue weighted by atomic mass is 16.6. The summed E-state index contributed by atoms with van der Waals surface area (Å²) < 4.78 is 25.9. The molecule has 120 valence electrons. The first kappa shape index (κ1) is 19.3. The minimum absolute atomic E-state index is 0.255. The zero-order valence-corrected chi connectivity index (χ0v) is 13.3. The first-order chi connectivity index (χ1) is 9.40. The molecule has 6 nitrogen and oxygen atoms in total. The number of hydrogen-bond acceptors (Lipinski definition) is 6.